The first-order valence-electron chi connectivity index (χ1n) is 11.5. The van der Waals surface area contributed by atoms with Crippen molar-refractivity contribution in [3.05, 3.63) is 40.3 Å². The molecule has 0 unspecified atom stereocenters. The molecule has 174 valence electrons. The Morgan fingerprint density at radius 3 is 2.56 bits per heavy atom. The highest BCUT2D eigenvalue weighted by molar-refractivity contribution is 5.75. The van der Waals surface area contributed by atoms with Crippen LogP contribution in [0.1, 0.15) is 69.4 Å². The molecule has 0 radical (unpaired) electrons. The number of alkyl halides is 3. The number of hydrogen-bond donors (Lipinski definition) is 1. The third-order valence-electron chi connectivity index (χ3n) is 6.38. The summed E-state index contributed by atoms with van der Waals surface area (Å²) in [5.74, 6) is 0.831. The Hall–Kier alpha value is -2.58. The molecule has 0 bridgehead atoms. The van der Waals surface area contributed by atoms with Gasteiger partial charge in [0.15, 0.2) is 5.82 Å². The lowest BCUT2D eigenvalue weighted by Gasteiger charge is -2.20. The zero-order chi connectivity index (χ0) is 22.7. The fraction of sp³-hybridized carbons (Fsp3) is 0.609. The van der Waals surface area contributed by atoms with Crippen molar-refractivity contribution in [2.75, 3.05) is 6.54 Å². The van der Waals surface area contributed by atoms with E-state index in [0.717, 1.165) is 31.4 Å². The maximum Gasteiger partial charge on any atom is 0.416 e. The molecule has 1 heterocycles. The van der Waals surface area contributed by atoms with Gasteiger partial charge in [0.05, 0.1) is 12.1 Å². The van der Waals surface area contributed by atoms with Crippen LogP contribution in [0.2, 0.25) is 0 Å². The van der Waals surface area contributed by atoms with E-state index < -0.39 is 11.7 Å². The Labute approximate surface area is 184 Å². The predicted molar refractivity (Wildman–Crippen MR) is 114 cm³/mol. The Morgan fingerprint density at radius 2 is 1.88 bits per heavy atom. The van der Waals surface area contributed by atoms with Crippen molar-refractivity contribution >= 4 is 5.91 Å². The minimum Gasteiger partial charge on any atom is -0.354 e. The van der Waals surface area contributed by atoms with Gasteiger partial charge in [0, 0.05) is 24.6 Å². The molecule has 1 amide bonds. The normalized spacial score (nSPS) is 17.5. The molecular formula is C23H29F3N4O2. The third kappa shape index (κ3) is 5.42. The van der Waals surface area contributed by atoms with E-state index in [-0.39, 0.29) is 42.1 Å². The van der Waals surface area contributed by atoms with Gasteiger partial charge in [-0.2, -0.15) is 13.2 Å². The summed E-state index contributed by atoms with van der Waals surface area (Å²) < 4.78 is 42.1. The molecule has 4 rings (SSSR count). The highest BCUT2D eigenvalue weighted by Gasteiger charge is 2.33. The van der Waals surface area contributed by atoms with Crippen LogP contribution in [0, 0.1) is 5.92 Å². The smallest absolute Gasteiger partial charge is 0.354 e. The molecule has 1 aromatic carbocycles. The molecule has 0 atom stereocenters. The molecule has 2 fully saturated rings. The number of rotatable bonds is 8. The van der Waals surface area contributed by atoms with Crippen molar-refractivity contribution < 1.29 is 18.0 Å². The van der Waals surface area contributed by atoms with Gasteiger partial charge in [-0.15, -0.1) is 5.10 Å². The van der Waals surface area contributed by atoms with E-state index in [4.69, 9.17) is 0 Å². The van der Waals surface area contributed by atoms with Crippen LogP contribution in [-0.4, -0.2) is 26.8 Å². The predicted octanol–water partition coefficient (Wildman–Crippen LogP) is 4.54. The fourth-order valence-corrected chi connectivity index (χ4v) is 4.46. The summed E-state index contributed by atoms with van der Waals surface area (Å²) in [6, 6.07) is 4.85. The zero-order valence-corrected chi connectivity index (χ0v) is 18.0. The summed E-state index contributed by atoms with van der Waals surface area (Å²) in [5, 5.41) is 7.17. The summed E-state index contributed by atoms with van der Waals surface area (Å²) in [4.78, 5) is 25.0. The minimum atomic E-state index is -4.47. The van der Waals surface area contributed by atoms with Gasteiger partial charge >= 0.3 is 11.9 Å². The van der Waals surface area contributed by atoms with E-state index >= 15 is 0 Å². The average molecular weight is 451 g/mol. The first-order valence-corrected chi connectivity index (χ1v) is 11.5. The van der Waals surface area contributed by atoms with Gasteiger partial charge in [-0.25, -0.2) is 9.48 Å². The number of nitrogens with zero attached hydrogens (tertiary/aromatic N) is 3. The van der Waals surface area contributed by atoms with Gasteiger partial charge in [0.2, 0.25) is 5.91 Å². The molecule has 32 heavy (non-hydrogen) atoms. The molecule has 0 saturated heterocycles. The van der Waals surface area contributed by atoms with Crippen molar-refractivity contribution in [1.29, 1.82) is 0 Å². The zero-order valence-electron chi connectivity index (χ0n) is 18.0. The van der Waals surface area contributed by atoms with Gasteiger partial charge in [-0.05, 0) is 37.3 Å². The Bertz CT molecular complexity index is 1000. The van der Waals surface area contributed by atoms with Crippen molar-refractivity contribution in [1.82, 2.24) is 19.7 Å². The largest absolute Gasteiger partial charge is 0.416 e. The topological polar surface area (TPSA) is 68.9 Å². The fourth-order valence-electron chi connectivity index (χ4n) is 4.46. The highest BCUT2D eigenvalue weighted by atomic mass is 19.4. The summed E-state index contributed by atoms with van der Waals surface area (Å²) in [6.07, 6.45) is 4.66. The van der Waals surface area contributed by atoms with Gasteiger partial charge < -0.3 is 5.32 Å². The molecule has 6 nitrogen and oxygen atoms in total. The van der Waals surface area contributed by atoms with Crippen LogP contribution < -0.4 is 11.0 Å². The second-order valence-corrected chi connectivity index (χ2v) is 8.90. The quantitative estimate of drug-likeness (QED) is 0.642. The van der Waals surface area contributed by atoms with Gasteiger partial charge in [0.1, 0.15) is 0 Å². The number of hydrogen-bond acceptors (Lipinski definition) is 3. The Morgan fingerprint density at radius 1 is 1.12 bits per heavy atom. The number of nitrogens with one attached hydrogen (secondary N) is 1. The molecule has 1 aromatic heterocycles. The molecule has 0 spiro atoms. The second kappa shape index (κ2) is 9.50. The Kier molecular flexibility index (Phi) is 6.71. The van der Waals surface area contributed by atoms with E-state index in [1.807, 2.05) is 0 Å². The standard InChI is InChI=1S/C23H29F3N4O2/c24-23(25,26)18-8-4-7-17(15-18)21-28-29(22(32)30(21)19-10-11-19)14-13-27-20(31)12-9-16-5-2-1-3-6-16/h4,7-8,15-16,19H,1-3,5-6,9-14H2,(H,27,31). The molecule has 2 aliphatic carbocycles. The summed E-state index contributed by atoms with van der Waals surface area (Å²) >= 11 is 0. The van der Waals surface area contributed by atoms with Crippen LogP contribution in [0.15, 0.2) is 29.1 Å². The number of aromatic nitrogens is 3. The second-order valence-electron chi connectivity index (χ2n) is 8.90. The Balaban J connectivity index is 1.41. The minimum absolute atomic E-state index is 0.0362. The lowest BCUT2D eigenvalue weighted by molar-refractivity contribution is -0.137. The van der Waals surface area contributed by atoms with Crippen molar-refractivity contribution in [3.63, 3.8) is 0 Å². The van der Waals surface area contributed by atoms with E-state index in [0.29, 0.717) is 12.3 Å². The summed E-state index contributed by atoms with van der Waals surface area (Å²) in [7, 11) is 0. The van der Waals surface area contributed by atoms with Crippen LogP contribution in [0.25, 0.3) is 11.4 Å². The molecule has 2 saturated carbocycles. The highest BCUT2D eigenvalue weighted by Crippen LogP contribution is 2.37. The van der Waals surface area contributed by atoms with Gasteiger partial charge in [-0.1, -0.05) is 44.2 Å². The molecule has 1 N–H and O–H groups in total. The van der Waals surface area contributed by atoms with Crippen LogP contribution >= 0.6 is 0 Å². The number of amides is 1. The monoisotopic (exact) mass is 450 g/mol. The van der Waals surface area contributed by atoms with E-state index in [1.165, 1.54) is 53.5 Å². The number of halogens is 3. The molecule has 2 aromatic rings. The lowest BCUT2D eigenvalue weighted by Crippen LogP contribution is -2.32. The summed E-state index contributed by atoms with van der Waals surface area (Å²) in [5.41, 5.74) is -0.861. The first kappa shape index (κ1) is 22.6. The van der Waals surface area contributed by atoms with Crippen LogP contribution in [0.4, 0.5) is 13.2 Å². The molecule has 0 aliphatic heterocycles. The third-order valence-corrected chi connectivity index (χ3v) is 6.38. The number of benzene rings is 1. The van der Waals surface area contributed by atoms with Crippen molar-refractivity contribution in [2.45, 2.75) is 76.6 Å². The van der Waals surface area contributed by atoms with Crippen LogP contribution in [0.3, 0.4) is 0 Å². The summed E-state index contributed by atoms with van der Waals surface area (Å²) in [6.45, 7) is 0.437. The van der Waals surface area contributed by atoms with Crippen LogP contribution in [0.5, 0.6) is 0 Å². The average Bonchev–Trinajstić information content (AvgIpc) is 3.56. The molecular weight excluding hydrogens is 421 g/mol. The van der Waals surface area contributed by atoms with E-state index in [1.54, 1.807) is 0 Å². The molecule has 9 heteroatoms. The van der Waals surface area contributed by atoms with E-state index in [9.17, 15) is 22.8 Å². The van der Waals surface area contributed by atoms with Gasteiger partial charge in [-0.3, -0.25) is 9.36 Å². The maximum atomic E-state index is 13.1. The van der Waals surface area contributed by atoms with Crippen molar-refractivity contribution in [3.8, 4) is 11.4 Å². The number of carbonyl (C=O) groups excluding carboxylic acids is 1. The van der Waals surface area contributed by atoms with Gasteiger partial charge in [0.25, 0.3) is 0 Å². The number of carbonyl (C=O) groups is 1. The SMILES string of the molecule is O=C(CCC1CCCCC1)NCCn1nc(-c2cccc(C(F)(F)F)c2)n(C2CC2)c1=O. The first-order chi connectivity index (χ1) is 15.3. The lowest BCUT2D eigenvalue weighted by atomic mass is 9.86. The maximum absolute atomic E-state index is 13.1. The molecule has 2 aliphatic rings. The van der Waals surface area contributed by atoms with E-state index in [2.05, 4.69) is 10.4 Å². The van der Waals surface area contributed by atoms with Crippen LogP contribution in [-0.2, 0) is 17.5 Å². The van der Waals surface area contributed by atoms with Crippen molar-refractivity contribution in [2.24, 2.45) is 5.92 Å².